The Balaban J connectivity index is 1.13. The second-order valence-electron chi connectivity index (χ2n) is 9.54. The molecule has 1 N–H and O–H groups in total. The van der Waals surface area contributed by atoms with Crippen LogP contribution in [0.3, 0.4) is 0 Å². The smallest absolute Gasteiger partial charge is 0.248 e. The normalized spacial score (nSPS) is 16.3. The van der Waals surface area contributed by atoms with Gasteiger partial charge in [-0.05, 0) is 49.2 Å². The molecule has 6 rings (SSSR count). The molecular weight excluding hydrogens is 462 g/mol. The molecule has 1 saturated carbocycles. The summed E-state index contributed by atoms with van der Waals surface area (Å²) in [4.78, 5) is 9.05. The number of pyridine rings is 2. The van der Waals surface area contributed by atoms with Crippen LogP contribution in [0.25, 0.3) is 22.6 Å². The molecule has 5 heterocycles. The van der Waals surface area contributed by atoms with E-state index in [2.05, 4.69) is 20.6 Å². The molecule has 0 radical (unpaired) electrons. The number of fused-ring (bicyclic) bond motifs is 1. The highest BCUT2D eigenvalue weighted by atomic mass is 19.3. The largest absolute Gasteiger partial charge is 0.322 e. The summed E-state index contributed by atoms with van der Waals surface area (Å²) in [5, 5.41) is 12.0. The average Bonchev–Trinajstić information content (AvgIpc) is 3.62. The minimum Gasteiger partial charge on any atom is -0.322 e. The second-order valence-corrected chi connectivity index (χ2v) is 9.54. The fourth-order valence-electron chi connectivity index (χ4n) is 4.67. The minimum atomic E-state index is -2.48. The van der Waals surface area contributed by atoms with Crippen LogP contribution < -0.4 is 5.32 Å². The van der Waals surface area contributed by atoms with E-state index in [4.69, 9.17) is 4.98 Å². The van der Waals surface area contributed by atoms with Gasteiger partial charge < -0.3 is 14.3 Å². The van der Waals surface area contributed by atoms with E-state index in [1.807, 2.05) is 77.2 Å². The summed E-state index contributed by atoms with van der Waals surface area (Å²) in [6.07, 6.45) is 13.4. The molecule has 10 heteroatoms. The zero-order chi connectivity index (χ0) is 24.7. The summed E-state index contributed by atoms with van der Waals surface area (Å²) in [6.45, 7) is 3.13. The Morgan fingerprint density at radius 3 is 2.75 bits per heavy atom. The molecule has 184 valence electrons. The van der Waals surface area contributed by atoms with Crippen LogP contribution >= 0.6 is 0 Å². The summed E-state index contributed by atoms with van der Waals surface area (Å²) >= 11 is 0. The van der Waals surface area contributed by atoms with E-state index in [-0.39, 0.29) is 24.8 Å². The van der Waals surface area contributed by atoms with Gasteiger partial charge in [0.1, 0.15) is 11.3 Å². The lowest BCUT2D eigenvalue weighted by molar-refractivity contribution is -0.109. The first kappa shape index (κ1) is 22.5. The topological polar surface area (TPSA) is 77.9 Å². The summed E-state index contributed by atoms with van der Waals surface area (Å²) < 4.78 is 31.9. The van der Waals surface area contributed by atoms with Gasteiger partial charge in [0.15, 0.2) is 0 Å². The molecule has 0 saturated heterocycles. The number of hydrogen-bond acceptors (Lipinski definition) is 5. The van der Waals surface area contributed by atoms with Crippen molar-refractivity contribution in [3.63, 3.8) is 0 Å². The highest BCUT2D eigenvalue weighted by Crippen LogP contribution is 2.42. The van der Waals surface area contributed by atoms with Gasteiger partial charge in [0.05, 0.1) is 30.3 Å². The molecule has 0 amide bonds. The monoisotopic (exact) mass is 488 g/mol. The van der Waals surface area contributed by atoms with Crippen LogP contribution in [0.5, 0.6) is 0 Å². The number of nitrogens with zero attached hydrogens (tertiary/aromatic N) is 7. The van der Waals surface area contributed by atoms with E-state index in [1.165, 1.54) is 0 Å². The van der Waals surface area contributed by atoms with Gasteiger partial charge in [0.2, 0.25) is 5.92 Å². The zero-order valence-electron chi connectivity index (χ0n) is 19.8. The lowest BCUT2D eigenvalue weighted by Crippen LogP contribution is -2.41. The molecule has 36 heavy (non-hydrogen) atoms. The highest BCUT2D eigenvalue weighted by molar-refractivity contribution is 5.59. The SMILES string of the molecule is CC(NCC1CC(F)(F)C1)c1ccc2nc(Cn3cc(-c4cncc(-n5cccc5)c4)nn3)cn2c1. The number of hydrogen-bond donors (Lipinski definition) is 1. The number of halogens is 2. The van der Waals surface area contributed by atoms with E-state index in [0.29, 0.717) is 13.1 Å². The first-order valence-corrected chi connectivity index (χ1v) is 12.0. The number of imidazole rings is 1. The van der Waals surface area contributed by atoms with Crippen LogP contribution in [0.2, 0.25) is 0 Å². The predicted molar refractivity (Wildman–Crippen MR) is 131 cm³/mol. The standard InChI is InChI=1S/C26H26F2N8/c1-18(30-11-19-9-26(27,28)10-19)20-4-5-25-31-22(15-35(25)14-20)16-36-17-24(32-33-36)21-8-23(13-29-12-21)34-6-2-3-7-34/h2-8,12-15,17-19,30H,9-11,16H2,1H3. The van der Waals surface area contributed by atoms with E-state index >= 15 is 0 Å². The van der Waals surface area contributed by atoms with Gasteiger partial charge >= 0.3 is 0 Å². The zero-order valence-corrected chi connectivity index (χ0v) is 19.8. The van der Waals surface area contributed by atoms with E-state index in [0.717, 1.165) is 33.8 Å². The molecule has 1 atom stereocenters. The quantitative estimate of drug-likeness (QED) is 0.347. The van der Waals surface area contributed by atoms with Crippen LogP contribution in [0, 0.1) is 5.92 Å². The van der Waals surface area contributed by atoms with Gasteiger partial charge in [0.25, 0.3) is 0 Å². The Kier molecular flexibility index (Phi) is 5.60. The molecule has 1 fully saturated rings. The van der Waals surface area contributed by atoms with Crippen molar-refractivity contribution in [2.45, 2.75) is 38.3 Å². The molecule has 0 spiro atoms. The Hall–Kier alpha value is -3.92. The van der Waals surface area contributed by atoms with Crippen LogP contribution in [0.1, 0.15) is 37.1 Å². The minimum absolute atomic E-state index is 0.0181. The van der Waals surface area contributed by atoms with Crippen molar-refractivity contribution in [1.29, 1.82) is 0 Å². The summed E-state index contributed by atoms with van der Waals surface area (Å²) in [5.74, 6) is -2.43. The Bertz CT molecular complexity index is 1480. The van der Waals surface area contributed by atoms with Crippen molar-refractivity contribution in [2.75, 3.05) is 6.54 Å². The first-order chi connectivity index (χ1) is 17.4. The number of alkyl halides is 2. The van der Waals surface area contributed by atoms with Gasteiger partial charge in [-0.1, -0.05) is 11.3 Å². The van der Waals surface area contributed by atoms with Crippen molar-refractivity contribution in [1.82, 2.24) is 39.2 Å². The molecular formula is C26H26F2N8. The molecule has 5 aromatic rings. The predicted octanol–water partition coefficient (Wildman–Crippen LogP) is 4.52. The lowest BCUT2D eigenvalue weighted by Gasteiger charge is -2.35. The van der Waals surface area contributed by atoms with E-state index in [9.17, 15) is 8.78 Å². The fourth-order valence-corrected chi connectivity index (χ4v) is 4.67. The van der Waals surface area contributed by atoms with Crippen molar-refractivity contribution < 1.29 is 8.78 Å². The van der Waals surface area contributed by atoms with Crippen LogP contribution in [0.15, 0.2) is 73.7 Å². The molecule has 1 aliphatic carbocycles. The van der Waals surface area contributed by atoms with Crippen LogP contribution in [-0.2, 0) is 6.54 Å². The van der Waals surface area contributed by atoms with Gasteiger partial charge in [-0.15, -0.1) is 5.10 Å². The Labute approximate surface area is 206 Å². The number of nitrogens with one attached hydrogen (secondary N) is 1. The van der Waals surface area contributed by atoms with Crippen molar-refractivity contribution in [3.8, 4) is 16.9 Å². The van der Waals surface area contributed by atoms with E-state index in [1.54, 1.807) is 17.1 Å². The number of aromatic nitrogens is 7. The Morgan fingerprint density at radius 1 is 1.11 bits per heavy atom. The molecule has 8 nitrogen and oxygen atoms in total. The van der Waals surface area contributed by atoms with Crippen molar-refractivity contribution in [2.24, 2.45) is 5.92 Å². The first-order valence-electron chi connectivity index (χ1n) is 12.0. The summed E-state index contributed by atoms with van der Waals surface area (Å²) in [7, 11) is 0. The molecule has 1 aliphatic rings. The average molecular weight is 489 g/mol. The maximum Gasteiger partial charge on any atom is 0.248 e. The second kappa shape index (κ2) is 8.94. The lowest BCUT2D eigenvalue weighted by atomic mass is 9.81. The third kappa shape index (κ3) is 4.64. The van der Waals surface area contributed by atoms with E-state index < -0.39 is 5.92 Å². The third-order valence-corrected chi connectivity index (χ3v) is 6.70. The van der Waals surface area contributed by atoms with Gasteiger partial charge in [0, 0.05) is 55.4 Å². The molecule has 0 aliphatic heterocycles. The summed E-state index contributed by atoms with van der Waals surface area (Å²) in [6, 6.07) is 10.0. The number of rotatable bonds is 8. The third-order valence-electron chi connectivity index (χ3n) is 6.70. The summed E-state index contributed by atoms with van der Waals surface area (Å²) in [5.41, 5.74) is 5.36. The van der Waals surface area contributed by atoms with Gasteiger partial charge in [-0.25, -0.2) is 18.4 Å². The Morgan fingerprint density at radius 2 is 1.94 bits per heavy atom. The van der Waals surface area contributed by atoms with Crippen molar-refractivity contribution >= 4 is 5.65 Å². The maximum absolute atomic E-state index is 13.1. The van der Waals surface area contributed by atoms with Gasteiger partial charge in [-0.3, -0.25) is 4.98 Å². The maximum atomic E-state index is 13.1. The van der Waals surface area contributed by atoms with Gasteiger partial charge in [-0.2, -0.15) is 0 Å². The molecule has 5 aromatic heterocycles. The molecule has 0 bridgehead atoms. The fraction of sp³-hybridized carbons (Fsp3) is 0.308. The highest BCUT2D eigenvalue weighted by Gasteiger charge is 2.44. The van der Waals surface area contributed by atoms with Crippen LogP contribution in [-0.4, -0.2) is 46.4 Å². The molecule has 0 aromatic carbocycles. The van der Waals surface area contributed by atoms with Crippen LogP contribution in [0.4, 0.5) is 8.78 Å². The molecule has 1 unspecified atom stereocenters. The van der Waals surface area contributed by atoms with Crippen molar-refractivity contribution in [3.05, 3.63) is 85.0 Å².